The van der Waals surface area contributed by atoms with Crippen LogP contribution in [-0.4, -0.2) is 0 Å². The third kappa shape index (κ3) is 5.52. The molecule has 0 amide bonds. The molecule has 0 aromatic heterocycles. The molecule has 0 rings (SSSR count). The van der Waals surface area contributed by atoms with E-state index in [1.807, 2.05) is 27.7 Å². The average Bonchev–Trinajstić information content (AvgIpc) is 2.13. The summed E-state index contributed by atoms with van der Waals surface area (Å²) >= 11 is 0. The standard InChI is InChI=1S/C13H19F/c1-6-11(4)9-13(14)8-7-12(5)10(2)3/h7-9H,2,6H2,1,3-5H3/b11-9-,12-7+,13-8+. The lowest BCUT2D eigenvalue weighted by molar-refractivity contribution is 0.664. The predicted molar refractivity (Wildman–Crippen MR) is 61.8 cm³/mol. The Morgan fingerprint density at radius 1 is 1.21 bits per heavy atom. The maximum atomic E-state index is 13.2. The van der Waals surface area contributed by atoms with Crippen molar-refractivity contribution in [3.8, 4) is 0 Å². The summed E-state index contributed by atoms with van der Waals surface area (Å²) < 4.78 is 13.2. The molecule has 78 valence electrons. The van der Waals surface area contributed by atoms with E-state index in [0.717, 1.165) is 23.1 Å². The van der Waals surface area contributed by atoms with Crippen LogP contribution in [0.15, 0.2) is 47.4 Å². The van der Waals surface area contributed by atoms with Crippen LogP contribution < -0.4 is 0 Å². The highest BCUT2D eigenvalue weighted by molar-refractivity contribution is 5.30. The van der Waals surface area contributed by atoms with Crippen LogP contribution in [-0.2, 0) is 0 Å². The largest absolute Gasteiger partial charge is 0.207 e. The normalized spacial score (nSPS) is 14.5. The lowest BCUT2D eigenvalue weighted by Gasteiger charge is -1.96. The fourth-order valence-electron chi connectivity index (χ4n) is 0.732. The SMILES string of the molecule is C=C(C)/C(C)=C/C=C(F)\C=C(\C)CC. The topological polar surface area (TPSA) is 0 Å². The van der Waals surface area contributed by atoms with Crippen LogP contribution in [0, 0.1) is 0 Å². The molecule has 0 atom stereocenters. The Morgan fingerprint density at radius 2 is 1.79 bits per heavy atom. The molecule has 0 aromatic carbocycles. The van der Waals surface area contributed by atoms with E-state index in [1.165, 1.54) is 6.08 Å². The van der Waals surface area contributed by atoms with Gasteiger partial charge in [-0.1, -0.05) is 30.7 Å². The Kier molecular flexibility index (Phi) is 5.86. The summed E-state index contributed by atoms with van der Waals surface area (Å²) in [4.78, 5) is 0. The minimum atomic E-state index is -0.204. The number of halogens is 1. The van der Waals surface area contributed by atoms with Crippen molar-refractivity contribution in [1.29, 1.82) is 0 Å². The van der Waals surface area contributed by atoms with Crippen molar-refractivity contribution < 1.29 is 4.39 Å². The summed E-state index contributed by atoms with van der Waals surface area (Å²) in [7, 11) is 0. The van der Waals surface area contributed by atoms with Gasteiger partial charge in [-0.3, -0.25) is 0 Å². The van der Waals surface area contributed by atoms with Crippen LogP contribution >= 0.6 is 0 Å². The molecular formula is C13H19F. The van der Waals surface area contributed by atoms with Gasteiger partial charge in [0.2, 0.25) is 0 Å². The second kappa shape index (κ2) is 6.36. The van der Waals surface area contributed by atoms with Gasteiger partial charge in [0.05, 0.1) is 0 Å². The van der Waals surface area contributed by atoms with Crippen molar-refractivity contribution in [1.82, 2.24) is 0 Å². The highest BCUT2D eigenvalue weighted by Crippen LogP contribution is 2.10. The van der Waals surface area contributed by atoms with E-state index in [0.29, 0.717) is 0 Å². The number of hydrogen-bond donors (Lipinski definition) is 0. The zero-order valence-electron chi connectivity index (χ0n) is 9.52. The van der Waals surface area contributed by atoms with E-state index in [-0.39, 0.29) is 5.83 Å². The lowest BCUT2D eigenvalue weighted by atomic mass is 10.1. The molecule has 0 unspecified atom stereocenters. The number of allylic oxidation sites excluding steroid dienone is 7. The van der Waals surface area contributed by atoms with Crippen molar-refractivity contribution >= 4 is 0 Å². The molecule has 0 saturated carbocycles. The molecule has 1 heteroatoms. The molecule has 0 heterocycles. The van der Waals surface area contributed by atoms with Gasteiger partial charge in [0.15, 0.2) is 0 Å². The molecule has 0 aliphatic carbocycles. The maximum absolute atomic E-state index is 13.2. The molecule has 0 aliphatic heterocycles. The van der Waals surface area contributed by atoms with Crippen LogP contribution in [0.25, 0.3) is 0 Å². The summed E-state index contributed by atoms with van der Waals surface area (Å²) in [5.41, 5.74) is 3.01. The molecule has 0 bridgehead atoms. The van der Waals surface area contributed by atoms with Crippen LogP contribution in [0.1, 0.15) is 34.1 Å². The van der Waals surface area contributed by atoms with Crippen LogP contribution in [0.4, 0.5) is 4.39 Å². The van der Waals surface area contributed by atoms with Crippen molar-refractivity contribution in [3.63, 3.8) is 0 Å². The Labute approximate surface area is 86.5 Å². The van der Waals surface area contributed by atoms with Crippen molar-refractivity contribution in [3.05, 3.63) is 47.4 Å². The fourth-order valence-corrected chi connectivity index (χ4v) is 0.732. The van der Waals surface area contributed by atoms with E-state index < -0.39 is 0 Å². The molecule has 14 heavy (non-hydrogen) atoms. The molecule has 0 N–H and O–H groups in total. The van der Waals surface area contributed by atoms with Crippen molar-refractivity contribution in [2.75, 3.05) is 0 Å². The number of hydrogen-bond acceptors (Lipinski definition) is 0. The second-order valence-corrected chi connectivity index (χ2v) is 3.53. The van der Waals surface area contributed by atoms with Gasteiger partial charge in [-0.2, -0.15) is 0 Å². The average molecular weight is 194 g/mol. The van der Waals surface area contributed by atoms with Crippen LogP contribution in [0.5, 0.6) is 0 Å². The Hall–Kier alpha value is -1.11. The Balaban J connectivity index is 4.55. The van der Waals surface area contributed by atoms with Gasteiger partial charge >= 0.3 is 0 Å². The quantitative estimate of drug-likeness (QED) is 0.568. The summed E-state index contributed by atoms with van der Waals surface area (Å²) in [6.07, 6.45) is 5.66. The molecular weight excluding hydrogens is 175 g/mol. The summed E-state index contributed by atoms with van der Waals surface area (Å²) in [5, 5.41) is 0. The van der Waals surface area contributed by atoms with Gasteiger partial charge in [-0.05, 0) is 44.9 Å². The first-order chi connectivity index (χ1) is 6.47. The molecule has 0 radical (unpaired) electrons. The summed E-state index contributed by atoms with van der Waals surface area (Å²) in [6, 6.07) is 0. The van der Waals surface area contributed by atoms with Gasteiger partial charge in [-0.25, -0.2) is 4.39 Å². The minimum Gasteiger partial charge on any atom is -0.207 e. The van der Waals surface area contributed by atoms with Crippen LogP contribution in [0.3, 0.4) is 0 Å². The fraction of sp³-hybridized carbons (Fsp3) is 0.385. The first-order valence-corrected chi connectivity index (χ1v) is 4.84. The lowest BCUT2D eigenvalue weighted by Crippen LogP contribution is -1.76. The zero-order valence-corrected chi connectivity index (χ0v) is 9.52. The Bertz CT molecular complexity index is 290. The minimum absolute atomic E-state index is 0.204. The first kappa shape index (κ1) is 12.9. The highest BCUT2D eigenvalue weighted by atomic mass is 19.1. The van der Waals surface area contributed by atoms with Gasteiger partial charge in [0, 0.05) is 0 Å². The maximum Gasteiger partial charge on any atom is 0.123 e. The molecule has 0 saturated heterocycles. The molecule has 0 fully saturated rings. The van der Waals surface area contributed by atoms with Gasteiger partial charge in [0.25, 0.3) is 0 Å². The van der Waals surface area contributed by atoms with Gasteiger partial charge in [0.1, 0.15) is 5.83 Å². The summed E-state index contributed by atoms with van der Waals surface area (Å²) in [6.45, 7) is 11.5. The smallest absolute Gasteiger partial charge is 0.123 e. The zero-order chi connectivity index (χ0) is 11.1. The summed E-state index contributed by atoms with van der Waals surface area (Å²) in [5.74, 6) is -0.204. The predicted octanol–water partition coefficient (Wildman–Crippen LogP) is 4.72. The van der Waals surface area contributed by atoms with E-state index in [2.05, 4.69) is 6.58 Å². The van der Waals surface area contributed by atoms with Gasteiger partial charge in [-0.15, -0.1) is 0 Å². The monoisotopic (exact) mass is 194 g/mol. The van der Waals surface area contributed by atoms with E-state index in [1.54, 1.807) is 12.2 Å². The molecule has 0 aromatic rings. The Morgan fingerprint density at radius 3 is 2.21 bits per heavy atom. The van der Waals surface area contributed by atoms with E-state index in [4.69, 9.17) is 0 Å². The molecule has 0 aliphatic rings. The van der Waals surface area contributed by atoms with Crippen LogP contribution in [0.2, 0.25) is 0 Å². The van der Waals surface area contributed by atoms with Crippen molar-refractivity contribution in [2.24, 2.45) is 0 Å². The van der Waals surface area contributed by atoms with E-state index in [9.17, 15) is 4.39 Å². The second-order valence-electron chi connectivity index (χ2n) is 3.53. The van der Waals surface area contributed by atoms with Gasteiger partial charge < -0.3 is 0 Å². The third-order valence-corrected chi connectivity index (χ3v) is 2.11. The third-order valence-electron chi connectivity index (χ3n) is 2.11. The highest BCUT2D eigenvalue weighted by Gasteiger charge is 1.90. The van der Waals surface area contributed by atoms with E-state index >= 15 is 0 Å². The van der Waals surface area contributed by atoms with Crippen molar-refractivity contribution in [2.45, 2.75) is 34.1 Å². The molecule has 0 nitrogen and oxygen atoms in total. The first-order valence-electron chi connectivity index (χ1n) is 4.84. The molecule has 0 spiro atoms. The number of rotatable bonds is 4.